The summed E-state index contributed by atoms with van der Waals surface area (Å²) in [6.07, 6.45) is 0. The Hall–Kier alpha value is -1.44. The van der Waals surface area contributed by atoms with Gasteiger partial charge in [0.1, 0.15) is 0 Å². The van der Waals surface area contributed by atoms with Crippen LogP contribution in [0.4, 0.5) is 0 Å². The Bertz CT molecular complexity index is 490. The van der Waals surface area contributed by atoms with Crippen LogP contribution in [0.25, 0.3) is 0 Å². The van der Waals surface area contributed by atoms with Crippen molar-refractivity contribution in [2.75, 3.05) is 0 Å². The molecule has 2 rings (SSSR count). The topological polar surface area (TPSA) is 0 Å². The molecule has 0 spiro atoms. The van der Waals surface area contributed by atoms with E-state index in [-0.39, 0.29) is 7.53 Å². The minimum Gasteiger partial charge on any atom is -0.0622 e. The summed E-state index contributed by atoms with van der Waals surface area (Å²) in [5.41, 5.74) is 7.18. The zero-order valence-electron chi connectivity index (χ0n) is 8.99. The molecule has 0 amide bonds. The molecular weight excluding hydrogens is 199 g/mol. The summed E-state index contributed by atoms with van der Waals surface area (Å²) < 4.78 is 0. The third-order valence-corrected chi connectivity index (χ3v) is 4.09. The van der Waals surface area contributed by atoms with Crippen LogP contribution in [0.1, 0.15) is 16.7 Å². The molecule has 1 aromatic heterocycles. The monoisotopic (exact) mass is 212 g/mol. The molecule has 0 bridgehead atoms. The van der Waals surface area contributed by atoms with Crippen LogP contribution in [-0.4, -0.2) is 0 Å². The number of hydrogen-bond donors (Lipinski definition) is 0. The lowest BCUT2D eigenvalue weighted by atomic mass is 10.2. The first-order valence-electron chi connectivity index (χ1n) is 4.98. The van der Waals surface area contributed by atoms with Gasteiger partial charge in [-0.25, -0.2) is 0 Å². The molecule has 0 radical (unpaired) electrons. The molecule has 0 aliphatic carbocycles. The summed E-state index contributed by atoms with van der Waals surface area (Å²) in [6.45, 7) is 4.30. The fourth-order valence-corrected chi connectivity index (χ4v) is 3.08. The van der Waals surface area contributed by atoms with E-state index in [9.17, 15) is 0 Å². The van der Waals surface area contributed by atoms with Crippen molar-refractivity contribution < 1.29 is 0 Å². The Morgan fingerprint density at radius 1 is 0.933 bits per heavy atom. The maximum Gasteiger partial charge on any atom is 0.0252 e. The van der Waals surface area contributed by atoms with Crippen LogP contribution in [0.15, 0.2) is 41.9 Å². The fourth-order valence-electron chi connectivity index (χ4n) is 1.37. The van der Waals surface area contributed by atoms with Gasteiger partial charge in [0.15, 0.2) is 0 Å². The van der Waals surface area contributed by atoms with Crippen molar-refractivity contribution in [3.05, 3.63) is 58.6 Å². The minimum atomic E-state index is -0.333. The minimum absolute atomic E-state index is 0.333. The van der Waals surface area contributed by atoms with Crippen LogP contribution in [-0.2, 0) is 0 Å². The molecule has 74 valence electrons. The first-order valence-corrected chi connectivity index (χ1v) is 6.46. The molecule has 1 aromatic carbocycles. The van der Waals surface area contributed by atoms with Gasteiger partial charge in [0.25, 0.3) is 0 Å². The van der Waals surface area contributed by atoms with E-state index >= 15 is 0 Å². The van der Waals surface area contributed by atoms with E-state index in [1.807, 2.05) is 30.3 Å². The lowest BCUT2D eigenvalue weighted by Crippen LogP contribution is -1.68. The van der Waals surface area contributed by atoms with Gasteiger partial charge in [-0.15, -0.1) is 0 Å². The molecule has 0 unspecified atom stereocenters. The summed E-state index contributed by atoms with van der Waals surface area (Å²) >= 11 is 0. The average molecular weight is 212 g/mol. The van der Waals surface area contributed by atoms with Crippen molar-refractivity contribution in [1.82, 2.24) is 0 Å². The van der Waals surface area contributed by atoms with Crippen molar-refractivity contribution in [3.63, 3.8) is 0 Å². The average Bonchev–Trinajstić information content (AvgIpc) is 2.57. The molecule has 15 heavy (non-hydrogen) atoms. The van der Waals surface area contributed by atoms with Gasteiger partial charge in [-0.05, 0) is 61.9 Å². The summed E-state index contributed by atoms with van der Waals surface area (Å²) in [7, 11) is -0.333. The normalized spacial score (nSPS) is 9.47. The summed E-state index contributed by atoms with van der Waals surface area (Å²) in [5.74, 6) is 7.77. The van der Waals surface area contributed by atoms with Crippen molar-refractivity contribution in [1.29, 1.82) is 0 Å². The predicted octanol–water partition coefficient (Wildman–Crippen LogP) is 4.15. The van der Waals surface area contributed by atoms with Crippen LogP contribution < -0.4 is 0 Å². The van der Waals surface area contributed by atoms with E-state index in [1.165, 1.54) is 11.1 Å². The highest BCUT2D eigenvalue weighted by Gasteiger charge is 1.95. The fraction of sp³-hybridized carbons (Fsp3) is 0.143. The second kappa shape index (κ2) is 4.39. The molecule has 1 heteroatoms. The lowest BCUT2D eigenvalue weighted by molar-refractivity contribution is 1.41. The van der Waals surface area contributed by atoms with E-state index < -0.39 is 0 Å². The molecule has 0 atom stereocenters. The van der Waals surface area contributed by atoms with E-state index in [4.69, 9.17) is 0 Å². The molecule has 1 heterocycles. The number of benzene rings is 1. The third-order valence-electron chi connectivity index (χ3n) is 2.39. The largest absolute Gasteiger partial charge is 0.0622 e. The molecule has 0 nitrogen and oxygen atoms in total. The van der Waals surface area contributed by atoms with Crippen LogP contribution >= 0.6 is 7.53 Å². The number of hydrogen-bond acceptors (Lipinski definition) is 0. The van der Waals surface area contributed by atoms with Gasteiger partial charge in [0.05, 0.1) is 0 Å². The van der Waals surface area contributed by atoms with Gasteiger partial charge in [-0.2, -0.15) is 0 Å². The Kier molecular flexibility index (Phi) is 2.95. The molecule has 0 saturated carbocycles. The highest BCUT2D eigenvalue weighted by atomic mass is 31.1. The summed E-state index contributed by atoms with van der Waals surface area (Å²) in [5, 5.41) is 0. The first-order chi connectivity index (χ1) is 7.25. The van der Waals surface area contributed by atoms with E-state index in [2.05, 4.69) is 37.0 Å². The Morgan fingerprint density at radius 2 is 1.53 bits per heavy atom. The Morgan fingerprint density at radius 3 is 2.13 bits per heavy atom. The third kappa shape index (κ3) is 2.52. The second-order valence-electron chi connectivity index (χ2n) is 3.63. The molecule has 0 aliphatic rings. The van der Waals surface area contributed by atoms with Crippen LogP contribution in [0, 0.1) is 25.4 Å². The van der Waals surface area contributed by atoms with Gasteiger partial charge >= 0.3 is 0 Å². The smallest absolute Gasteiger partial charge is 0.0252 e. The van der Waals surface area contributed by atoms with Crippen LogP contribution in [0.5, 0.6) is 0 Å². The summed E-state index contributed by atoms with van der Waals surface area (Å²) in [6, 6.07) is 10.2. The van der Waals surface area contributed by atoms with E-state index in [1.54, 1.807) is 0 Å². The van der Waals surface area contributed by atoms with Crippen LogP contribution in [0.2, 0.25) is 0 Å². The zero-order valence-corrected chi connectivity index (χ0v) is 9.88. The standard InChI is InChI=1S/C14H13P/c1-12-10-15(11-13(12)2)9-8-14-6-4-3-5-7-14/h3-7,10-11H,1-2H3. The quantitative estimate of drug-likeness (QED) is 0.575. The zero-order chi connectivity index (χ0) is 10.7. The predicted molar refractivity (Wildman–Crippen MR) is 67.3 cm³/mol. The van der Waals surface area contributed by atoms with Crippen molar-refractivity contribution in [2.45, 2.75) is 13.8 Å². The van der Waals surface area contributed by atoms with Crippen molar-refractivity contribution in [3.8, 4) is 11.6 Å². The van der Waals surface area contributed by atoms with Gasteiger partial charge in [-0.1, -0.05) is 24.1 Å². The maximum absolute atomic E-state index is 3.32. The number of rotatable bonds is 0. The highest BCUT2D eigenvalue weighted by molar-refractivity contribution is 7.54. The molecule has 0 fully saturated rings. The molecule has 0 N–H and O–H groups in total. The number of aryl methyl sites for hydroxylation is 2. The van der Waals surface area contributed by atoms with Crippen molar-refractivity contribution in [2.24, 2.45) is 0 Å². The molecule has 0 aliphatic heterocycles. The van der Waals surface area contributed by atoms with Gasteiger partial charge in [0, 0.05) is 5.56 Å². The van der Waals surface area contributed by atoms with E-state index in [0.717, 1.165) is 5.56 Å². The lowest BCUT2D eigenvalue weighted by Gasteiger charge is -1.85. The molecule has 0 saturated heterocycles. The Balaban J connectivity index is 2.26. The highest BCUT2D eigenvalue weighted by Crippen LogP contribution is 2.30. The van der Waals surface area contributed by atoms with Gasteiger partial charge in [-0.3, -0.25) is 0 Å². The second-order valence-corrected chi connectivity index (χ2v) is 5.19. The Labute approximate surface area is 92.0 Å². The first kappa shape index (κ1) is 10.1. The SMILES string of the molecule is Cc1cp(C#Cc2ccccc2)cc1C. The van der Waals surface area contributed by atoms with Crippen LogP contribution in [0.3, 0.4) is 0 Å². The van der Waals surface area contributed by atoms with Gasteiger partial charge in [0.2, 0.25) is 0 Å². The molecular formula is C14H13P. The van der Waals surface area contributed by atoms with E-state index in [0.29, 0.717) is 0 Å². The summed E-state index contributed by atoms with van der Waals surface area (Å²) in [4.78, 5) is 0. The maximum atomic E-state index is 3.32. The molecule has 2 aromatic rings. The van der Waals surface area contributed by atoms with Crippen molar-refractivity contribution >= 4 is 7.53 Å². The van der Waals surface area contributed by atoms with Gasteiger partial charge < -0.3 is 0 Å².